The zero-order valence-corrected chi connectivity index (χ0v) is 10.7. The van der Waals surface area contributed by atoms with Gasteiger partial charge in [-0.05, 0) is 46.5 Å². The molecule has 0 saturated heterocycles. The van der Waals surface area contributed by atoms with Crippen molar-refractivity contribution in [3.63, 3.8) is 0 Å². The minimum Gasteiger partial charge on any atom is -0.508 e. The van der Waals surface area contributed by atoms with Gasteiger partial charge >= 0.3 is 0 Å². The molecule has 2 rings (SSSR count). The molecular formula is C14H15NO2S. The SMILES string of the molecule is O=C(Cc1cccc(O)c1)NCCc1ccsc1. The van der Waals surface area contributed by atoms with Crippen LogP contribution in [-0.4, -0.2) is 17.6 Å². The van der Waals surface area contributed by atoms with E-state index in [1.807, 2.05) is 11.4 Å². The summed E-state index contributed by atoms with van der Waals surface area (Å²) in [5, 5.41) is 16.3. The summed E-state index contributed by atoms with van der Waals surface area (Å²) in [4.78, 5) is 11.7. The lowest BCUT2D eigenvalue weighted by Crippen LogP contribution is -2.27. The normalized spacial score (nSPS) is 10.2. The molecule has 94 valence electrons. The highest BCUT2D eigenvalue weighted by Crippen LogP contribution is 2.11. The van der Waals surface area contributed by atoms with Crippen molar-refractivity contribution in [3.05, 3.63) is 52.2 Å². The monoisotopic (exact) mass is 261 g/mol. The van der Waals surface area contributed by atoms with Crippen LogP contribution in [0.3, 0.4) is 0 Å². The molecule has 1 aromatic carbocycles. The average molecular weight is 261 g/mol. The number of aromatic hydroxyl groups is 1. The van der Waals surface area contributed by atoms with Crippen LogP contribution in [0.4, 0.5) is 0 Å². The van der Waals surface area contributed by atoms with Gasteiger partial charge in [-0.25, -0.2) is 0 Å². The Bertz CT molecular complexity index is 508. The number of benzene rings is 1. The number of phenols is 1. The van der Waals surface area contributed by atoms with E-state index in [0.717, 1.165) is 12.0 Å². The summed E-state index contributed by atoms with van der Waals surface area (Å²) in [6.07, 6.45) is 1.16. The number of phenolic OH excluding ortho intramolecular Hbond substituents is 1. The third-order valence-corrected chi connectivity index (χ3v) is 3.32. The molecule has 0 unspecified atom stereocenters. The van der Waals surface area contributed by atoms with Gasteiger partial charge in [-0.1, -0.05) is 12.1 Å². The number of hydrogen-bond donors (Lipinski definition) is 2. The first-order valence-corrected chi connectivity index (χ1v) is 6.74. The summed E-state index contributed by atoms with van der Waals surface area (Å²) < 4.78 is 0. The molecule has 0 aliphatic carbocycles. The van der Waals surface area contributed by atoms with E-state index in [1.54, 1.807) is 29.5 Å². The predicted molar refractivity (Wildman–Crippen MR) is 72.8 cm³/mol. The van der Waals surface area contributed by atoms with Crippen LogP contribution in [0.25, 0.3) is 0 Å². The molecule has 3 nitrogen and oxygen atoms in total. The predicted octanol–water partition coefficient (Wildman–Crippen LogP) is 2.36. The molecular weight excluding hydrogens is 246 g/mol. The Morgan fingerprint density at radius 3 is 2.89 bits per heavy atom. The van der Waals surface area contributed by atoms with Gasteiger partial charge in [0.05, 0.1) is 6.42 Å². The number of hydrogen-bond acceptors (Lipinski definition) is 3. The van der Waals surface area contributed by atoms with Crippen molar-refractivity contribution in [2.45, 2.75) is 12.8 Å². The third-order valence-electron chi connectivity index (χ3n) is 2.59. The van der Waals surface area contributed by atoms with Crippen LogP contribution < -0.4 is 5.32 Å². The molecule has 0 fully saturated rings. The molecule has 2 aromatic rings. The van der Waals surface area contributed by atoms with Crippen LogP contribution >= 0.6 is 11.3 Å². The first-order chi connectivity index (χ1) is 8.74. The molecule has 4 heteroatoms. The van der Waals surface area contributed by atoms with E-state index in [9.17, 15) is 9.90 Å². The Morgan fingerprint density at radius 1 is 1.28 bits per heavy atom. The van der Waals surface area contributed by atoms with E-state index < -0.39 is 0 Å². The molecule has 1 aromatic heterocycles. The Balaban J connectivity index is 1.75. The van der Waals surface area contributed by atoms with Crippen molar-refractivity contribution in [1.29, 1.82) is 0 Å². The van der Waals surface area contributed by atoms with Gasteiger partial charge in [-0.2, -0.15) is 11.3 Å². The molecule has 0 atom stereocenters. The molecule has 18 heavy (non-hydrogen) atoms. The second kappa shape index (κ2) is 6.21. The van der Waals surface area contributed by atoms with E-state index >= 15 is 0 Å². The zero-order chi connectivity index (χ0) is 12.8. The lowest BCUT2D eigenvalue weighted by molar-refractivity contribution is -0.120. The Labute approximate surface area is 110 Å². The Kier molecular flexibility index (Phi) is 4.36. The van der Waals surface area contributed by atoms with Gasteiger partial charge in [-0.15, -0.1) is 0 Å². The highest BCUT2D eigenvalue weighted by Gasteiger charge is 2.03. The van der Waals surface area contributed by atoms with Crippen LogP contribution in [-0.2, 0) is 17.6 Å². The summed E-state index contributed by atoms with van der Waals surface area (Å²) in [6, 6.07) is 8.84. The second-order valence-corrected chi connectivity index (χ2v) is 4.86. The Morgan fingerprint density at radius 2 is 2.17 bits per heavy atom. The topological polar surface area (TPSA) is 49.3 Å². The van der Waals surface area contributed by atoms with Crippen molar-refractivity contribution in [2.24, 2.45) is 0 Å². The molecule has 0 radical (unpaired) electrons. The summed E-state index contributed by atoms with van der Waals surface area (Å²) in [7, 11) is 0. The van der Waals surface area contributed by atoms with Gasteiger partial charge in [0, 0.05) is 6.54 Å². The molecule has 0 bridgehead atoms. The number of rotatable bonds is 5. The summed E-state index contributed by atoms with van der Waals surface area (Å²) in [5.41, 5.74) is 2.07. The van der Waals surface area contributed by atoms with Crippen molar-refractivity contribution >= 4 is 17.2 Å². The molecule has 1 heterocycles. The number of nitrogens with one attached hydrogen (secondary N) is 1. The number of amides is 1. The van der Waals surface area contributed by atoms with Crippen molar-refractivity contribution in [2.75, 3.05) is 6.54 Å². The van der Waals surface area contributed by atoms with Crippen molar-refractivity contribution in [1.82, 2.24) is 5.32 Å². The number of thiophene rings is 1. The highest BCUT2D eigenvalue weighted by molar-refractivity contribution is 7.07. The fourth-order valence-corrected chi connectivity index (χ4v) is 2.40. The van der Waals surface area contributed by atoms with Gasteiger partial charge in [0.2, 0.25) is 5.91 Å². The fraction of sp³-hybridized carbons (Fsp3) is 0.214. The molecule has 0 aliphatic heterocycles. The standard InChI is InChI=1S/C14H15NO2S/c16-13-3-1-2-12(8-13)9-14(17)15-6-4-11-5-7-18-10-11/h1-3,5,7-8,10,16H,4,6,9H2,(H,15,17). The van der Waals surface area contributed by atoms with Crippen molar-refractivity contribution < 1.29 is 9.90 Å². The Hall–Kier alpha value is -1.81. The van der Waals surface area contributed by atoms with Gasteiger partial charge in [0.25, 0.3) is 0 Å². The molecule has 2 N–H and O–H groups in total. The quantitative estimate of drug-likeness (QED) is 0.868. The lowest BCUT2D eigenvalue weighted by Gasteiger charge is -2.05. The van der Waals surface area contributed by atoms with E-state index in [4.69, 9.17) is 0 Å². The van der Waals surface area contributed by atoms with Crippen LogP contribution in [0.5, 0.6) is 5.75 Å². The van der Waals surface area contributed by atoms with Gasteiger partial charge in [-0.3, -0.25) is 4.79 Å². The van der Waals surface area contributed by atoms with Gasteiger partial charge in [0.1, 0.15) is 5.75 Å². The van der Waals surface area contributed by atoms with Crippen LogP contribution in [0.2, 0.25) is 0 Å². The minimum atomic E-state index is -0.0178. The van der Waals surface area contributed by atoms with Crippen LogP contribution in [0.1, 0.15) is 11.1 Å². The molecule has 1 amide bonds. The van der Waals surface area contributed by atoms with Crippen molar-refractivity contribution in [3.8, 4) is 5.75 Å². The van der Waals surface area contributed by atoms with Crippen LogP contribution in [0, 0.1) is 0 Å². The second-order valence-electron chi connectivity index (χ2n) is 4.08. The fourth-order valence-electron chi connectivity index (χ4n) is 1.70. The maximum absolute atomic E-state index is 11.7. The molecule has 0 saturated carbocycles. The summed E-state index contributed by atoms with van der Waals surface area (Å²) in [5.74, 6) is 0.175. The first kappa shape index (κ1) is 12.6. The largest absolute Gasteiger partial charge is 0.508 e. The van der Waals surface area contributed by atoms with E-state index in [-0.39, 0.29) is 11.7 Å². The maximum Gasteiger partial charge on any atom is 0.224 e. The third kappa shape index (κ3) is 3.89. The first-order valence-electron chi connectivity index (χ1n) is 5.80. The lowest BCUT2D eigenvalue weighted by atomic mass is 10.1. The number of carbonyl (C=O) groups is 1. The number of carbonyl (C=O) groups excluding carboxylic acids is 1. The van der Waals surface area contributed by atoms with Gasteiger partial charge < -0.3 is 10.4 Å². The van der Waals surface area contributed by atoms with Crippen LogP contribution in [0.15, 0.2) is 41.1 Å². The molecule has 0 aliphatic rings. The molecule has 0 spiro atoms. The average Bonchev–Trinajstić information content (AvgIpc) is 2.82. The van der Waals surface area contributed by atoms with E-state index in [2.05, 4.69) is 16.8 Å². The zero-order valence-electron chi connectivity index (χ0n) is 9.93. The summed E-state index contributed by atoms with van der Waals surface area (Å²) >= 11 is 1.66. The minimum absolute atomic E-state index is 0.0178. The highest BCUT2D eigenvalue weighted by atomic mass is 32.1. The smallest absolute Gasteiger partial charge is 0.224 e. The maximum atomic E-state index is 11.7. The van der Waals surface area contributed by atoms with E-state index in [0.29, 0.717) is 13.0 Å². The van der Waals surface area contributed by atoms with Gasteiger partial charge in [0.15, 0.2) is 0 Å². The van der Waals surface area contributed by atoms with E-state index in [1.165, 1.54) is 5.56 Å². The summed E-state index contributed by atoms with van der Waals surface area (Å²) in [6.45, 7) is 0.647.